The van der Waals surface area contributed by atoms with Crippen LogP contribution in [0.25, 0.3) is 11.4 Å². The van der Waals surface area contributed by atoms with Gasteiger partial charge in [-0.2, -0.15) is 5.10 Å². The van der Waals surface area contributed by atoms with Gasteiger partial charge in [0.2, 0.25) is 0 Å². The molecule has 4 nitrogen and oxygen atoms in total. The summed E-state index contributed by atoms with van der Waals surface area (Å²) in [6, 6.07) is 12.3. The molecule has 0 spiro atoms. The second-order valence-electron chi connectivity index (χ2n) is 4.38. The van der Waals surface area contributed by atoms with E-state index in [4.69, 9.17) is 0 Å². The molecule has 0 saturated heterocycles. The number of aryl methyl sites for hydroxylation is 1. The quantitative estimate of drug-likeness (QED) is 0.742. The van der Waals surface area contributed by atoms with Crippen LogP contribution in [0.1, 0.15) is 10.7 Å². The summed E-state index contributed by atoms with van der Waals surface area (Å²) in [6.45, 7) is 2.71. The van der Waals surface area contributed by atoms with Gasteiger partial charge in [-0.05, 0) is 47.1 Å². The summed E-state index contributed by atoms with van der Waals surface area (Å²) in [7, 11) is 0. The number of hydrogen-bond donors (Lipinski definition) is 2. The molecular weight excluding hydrogens is 336 g/mol. The lowest BCUT2D eigenvalue weighted by Gasteiger charge is -2.05. The average Bonchev–Trinajstić information content (AvgIpc) is 3.06. The summed E-state index contributed by atoms with van der Waals surface area (Å²) in [5.41, 5.74) is 2.07. The van der Waals surface area contributed by atoms with Gasteiger partial charge in [-0.1, -0.05) is 12.1 Å². The van der Waals surface area contributed by atoms with E-state index in [1.54, 1.807) is 11.3 Å². The molecule has 6 heteroatoms. The van der Waals surface area contributed by atoms with E-state index in [9.17, 15) is 0 Å². The van der Waals surface area contributed by atoms with E-state index >= 15 is 0 Å². The van der Waals surface area contributed by atoms with Crippen LogP contribution in [0.3, 0.4) is 0 Å². The lowest BCUT2D eigenvalue weighted by atomic mass is 10.2. The summed E-state index contributed by atoms with van der Waals surface area (Å²) in [5.74, 6) is 1.55. The highest BCUT2D eigenvalue weighted by Gasteiger charge is 2.04. The van der Waals surface area contributed by atoms with Crippen molar-refractivity contribution in [1.82, 2.24) is 15.2 Å². The molecule has 102 valence electrons. The maximum Gasteiger partial charge on any atom is 0.181 e. The highest BCUT2D eigenvalue weighted by molar-refractivity contribution is 9.11. The molecule has 0 unspecified atom stereocenters. The third-order valence-electron chi connectivity index (χ3n) is 2.81. The highest BCUT2D eigenvalue weighted by Crippen LogP contribution is 2.24. The van der Waals surface area contributed by atoms with Crippen LogP contribution < -0.4 is 5.32 Å². The number of hydrogen-bond acceptors (Lipinski definition) is 4. The molecule has 0 atom stereocenters. The van der Waals surface area contributed by atoms with E-state index in [0.717, 1.165) is 33.2 Å². The van der Waals surface area contributed by atoms with E-state index in [-0.39, 0.29) is 0 Å². The van der Waals surface area contributed by atoms with Crippen LogP contribution in [0, 0.1) is 6.92 Å². The van der Waals surface area contributed by atoms with Gasteiger partial charge < -0.3 is 5.32 Å². The first-order valence-electron chi connectivity index (χ1n) is 6.18. The molecule has 3 rings (SSSR count). The van der Waals surface area contributed by atoms with Gasteiger partial charge in [0.05, 0.1) is 3.79 Å². The first kappa shape index (κ1) is 13.3. The van der Waals surface area contributed by atoms with E-state index in [1.165, 1.54) is 4.88 Å². The number of aromatic nitrogens is 3. The van der Waals surface area contributed by atoms with Gasteiger partial charge in [0.15, 0.2) is 5.82 Å². The largest absolute Gasteiger partial charge is 0.380 e. The Morgan fingerprint density at radius 3 is 2.90 bits per heavy atom. The number of benzene rings is 1. The number of aromatic amines is 1. The molecule has 0 aliphatic carbocycles. The fraction of sp³-hybridized carbons (Fsp3) is 0.143. The first-order valence-corrected chi connectivity index (χ1v) is 7.79. The Labute approximate surface area is 129 Å². The molecule has 0 amide bonds. The zero-order chi connectivity index (χ0) is 13.9. The molecule has 0 saturated carbocycles. The smallest absolute Gasteiger partial charge is 0.181 e. The number of halogens is 1. The fourth-order valence-corrected chi connectivity index (χ4v) is 3.30. The van der Waals surface area contributed by atoms with Crippen molar-refractivity contribution >= 4 is 33.0 Å². The molecule has 0 fully saturated rings. The summed E-state index contributed by atoms with van der Waals surface area (Å²) in [4.78, 5) is 5.63. The molecule has 3 aromatic rings. The Bertz CT molecular complexity index is 719. The summed E-state index contributed by atoms with van der Waals surface area (Å²) < 4.78 is 1.15. The highest BCUT2D eigenvalue weighted by atomic mass is 79.9. The van der Waals surface area contributed by atoms with Gasteiger partial charge in [0.1, 0.15) is 5.82 Å². The Balaban J connectivity index is 1.74. The van der Waals surface area contributed by atoms with Crippen LogP contribution in [0.2, 0.25) is 0 Å². The van der Waals surface area contributed by atoms with Crippen LogP contribution in [-0.4, -0.2) is 15.2 Å². The number of nitrogens with one attached hydrogen (secondary N) is 2. The Morgan fingerprint density at radius 2 is 2.20 bits per heavy atom. The molecule has 0 bridgehead atoms. The van der Waals surface area contributed by atoms with Crippen molar-refractivity contribution in [2.75, 3.05) is 5.32 Å². The topological polar surface area (TPSA) is 53.6 Å². The van der Waals surface area contributed by atoms with E-state index in [2.05, 4.69) is 54.6 Å². The maximum absolute atomic E-state index is 4.35. The lowest BCUT2D eigenvalue weighted by Crippen LogP contribution is -1.97. The average molecular weight is 349 g/mol. The van der Waals surface area contributed by atoms with Gasteiger partial charge >= 0.3 is 0 Å². The molecule has 2 aromatic heterocycles. The molecule has 1 aromatic carbocycles. The van der Waals surface area contributed by atoms with Crippen molar-refractivity contribution < 1.29 is 0 Å². The Morgan fingerprint density at radius 1 is 1.30 bits per heavy atom. The Kier molecular flexibility index (Phi) is 3.84. The zero-order valence-electron chi connectivity index (χ0n) is 10.9. The summed E-state index contributed by atoms with van der Waals surface area (Å²) in [6.07, 6.45) is 0. The monoisotopic (exact) mass is 348 g/mol. The van der Waals surface area contributed by atoms with Crippen molar-refractivity contribution in [3.05, 3.63) is 50.9 Å². The molecule has 2 heterocycles. The first-order chi connectivity index (χ1) is 9.70. The Hall–Kier alpha value is -1.66. The standard InChI is InChI=1S/C14H13BrN4S/c1-9-17-14(19-18-9)10-3-2-4-11(7-10)16-8-12-5-6-13(15)20-12/h2-7,16H,8H2,1H3,(H,17,18,19). The van der Waals surface area contributed by atoms with Crippen LogP contribution in [-0.2, 0) is 6.54 Å². The molecular formula is C14H13BrN4S. The second-order valence-corrected chi connectivity index (χ2v) is 6.93. The summed E-state index contributed by atoms with van der Waals surface area (Å²) in [5, 5.41) is 10.5. The second kappa shape index (κ2) is 5.76. The third kappa shape index (κ3) is 3.08. The van der Waals surface area contributed by atoms with E-state index in [0.29, 0.717) is 0 Å². The van der Waals surface area contributed by atoms with Crippen LogP contribution in [0.5, 0.6) is 0 Å². The number of anilines is 1. The SMILES string of the molecule is Cc1nc(-c2cccc(NCc3ccc(Br)s3)c2)n[nH]1. The van der Waals surface area contributed by atoms with Crippen molar-refractivity contribution in [3.8, 4) is 11.4 Å². The summed E-state index contributed by atoms with van der Waals surface area (Å²) >= 11 is 5.21. The fourth-order valence-electron chi connectivity index (χ4n) is 1.88. The van der Waals surface area contributed by atoms with Crippen molar-refractivity contribution in [2.24, 2.45) is 0 Å². The van der Waals surface area contributed by atoms with Crippen molar-refractivity contribution in [2.45, 2.75) is 13.5 Å². The predicted octanol–water partition coefficient (Wildman–Crippen LogP) is 4.22. The van der Waals surface area contributed by atoms with Gasteiger partial charge in [0, 0.05) is 22.7 Å². The lowest BCUT2D eigenvalue weighted by molar-refractivity contribution is 1.04. The number of thiophene rings is 1. The van der Waals surface area contributed by atoms with E-state index < -0.39 is 0 Å². The minimum atomic E-state index is 0.727. The maximum atomic E-state index is 4.35. The minimum Gasteiger partial charge on any atom is -0.380 e. The normalized spacial score (nSPS) is 10.7. The molecule has 0 radical (unpaired) electrons. The van der Waals surface area contributed by atoms with Gasteiger partial charge in [-0.3, -0.25) is 5.10 Å². The van der Waals surface area contributed by atoms with Crippen LogP contribution in [0.4, 0.5) is 5.69 Å². The zero-order valence-corrected chi connectivity index (χ0v) is 13.3. The van der Waals surface area contributed by atoms with Gasteiger partial charge in [0.25, 0.3) is 0 Å². The number of H-pyrrole nitrogens is 1. The number of rotatable bonds is 4. The number of nitrogens with zero attached hydrogens (tertiary/aromatic N) is 2. The molecule has 0 aliphatic rings. The van der Waals surface area contributed by atoms with Crippen molar-refractivity contribution in [1.29, 1.82) is 0 Å². The molecule has 2 N–H and O–H groups in total. The van der Waals surface area contributed by atoms with Crippen molar-refractivity contribution in [3.63, 3.8) is 0 Å². The molecule has 20 heavy (non-hydrogen) atoms. The minimum absolute atomic E-state index is 0.727. The molecule has 0 aliphatic heterocycles. The third-order valence-corrected chi connectivity index (χ3v) is 4.44. The van der Waals surface area contributed by atoms with Crippen LogP contribution >= 0.6 is 27.3 Å². The van der Waals surface area contributed by atoms with Crippen LogP contribution in [0.15, 0.2) is 40.2 Å². The van der Waals surface area contributed by atoms with E-state index in [1.807, 2.05) is 25.1 Å². The van der Waals surface area contributed by atoms with Gasteiger partial charge in [-0.25, -0.2) is 4.98 Å². The predicted molar refractivity (Wildman–Crippen MR) is 85.9 cm³/mol. The van der Waals surface area contributed by atoms with Gasteiger partial charge in [-0.15, -0.1) is 11.3 Å².